The van der Waals surface area contributed by atoms with Crippen LogP contribution in [-0.2, 0) is 32.6 Å². The molecule has 1 fully saturated rings. The van der Waals surface area contributed by atoms with E-state index in [0.29, 0.717) is 17.0 Å². The van der Waals surface area contributed by atoms with Crippen LogP contribution in [0.15, 0.2) is 83.8 Å². The molecule has 0 radical (unpaired) electrons. The minimum atomic E-state index is -3.97. The molecule has 0 saturated heterocycles. The molecule has 1 unspecified atom stereocenters. The number of hydrogen-bond acceptors (Lipinski definition) is 5. The summed E-state index contributed by atoms with van der Waals surface area (Å²) in [6, 6.07) is 22.1. The summed E-state index contributed by atoms with van der Waals surface area (Å²) >= 11 is 6.49. The molecule has 0 aromatic heterocycles. The molecular formula is C32H34ClN3O5S. The third-order valence-corrected chi connectivity index (χ3v) is 10.1. The van der Waals surface area contributed by atoms with Crippen LogP contribution in [0.2, 0.25) is 5.02 Å². The summed E-state index contributed by atoms with van der Waals surface area (Å²) in [5.41, 5.74) is 1.75. The summed E-state index contributed by atoms with van der Waals surface area (Å²) in [6.07, 6.45) is 4.29. The number of nitrogens with one attached hydrogen (secondary N) is 1. The van der Waals surface area contributed by atoms with E-state index in [1.807, 2.05) is 42.5 Å². The first kappa shape index (κ1) is 29.8. The Kier molecular flexibility index (Phi) is 9.28. The fourth-order valence-electron chi connectivity index (χ4n) is 5.70. The summed E-state index contributed by atoms with van der Waals surface area (Å²) in [5, 5.41) is 3.65. The molecule has 5 rings (SSSR count). The first-order valence-corrected chi connectivity index (χ1v) is 16.1. The molecule has 1 atom stereocenters. The van der Waals surface area contributed by atoms with Crippen LogP contribution in [0.1, 0.15) is 60.0 Å². The number of sulfonamides is 1. The van der Waals surface area contributed by atoms with Gasteiger partial charge in [0.15, 0.2) is 0 Å². The lowest BCUT2D eigenvalue weighted by molar-refractivity contribution is -0.141. The van der Waals surface area contributed by atoms with Crippen molar-refractivity contribution in [3.63, 3.8) is 0 Å². The van der Waals surface area contributed by atoms with Gasteiger partial charge in [0, 0.05) is 37.0 Å². The predicted octanol–water partition coefficient (Wildman–Crippen LogP) is 4.96. The number of hydrogen-bond donors (Lipinski definition) is 1. The highest BCUT2D eigenvalue weighted by Crippen LogP contribution is 2.30. The van der Waals surface area contributed by atoms with Gasteiger partial charge in [-0.25, -0.2) is 12.7 Å². The predicted molar refractivity (Wildman–Crippen MR) is 160 cm³/mol. The topological polar surface area (TPSA) is 104 Å². The van der Waals surface area contributed by atoms with Gasteiger partial charge in [-0.2, -0.15) is 0 Å². The van der Waals surface area contributed by atoms with E-state index < -0.39 is 22.0 Å². The quantitative estimate of drug-likeness (QED) is 0.332. The lowest BCUT2D eigenvalue weighted by Gasteiger charge is -2.33. The van der Waals surface area contributed by atoms with Gasteiger partial charge < -0.3 is 10.2 Å². The Morgan fingerprint density at radius 3 is 2.33 bits per heavy atom. The van der Waals surface area contributed by atoms with Gasteiger partial charge in [-0.3, -0.25) is 14.4 Å². The van der Waals surface area contributed by atoms with Crippen LogP contribution in [0.4, 0.5) is 0 Å². The molecule has 3 aromatic rings. The van der Waals surface area contributed by atoms with Crippen LogP contribution in [0.25, 0.3) is 0 Å². The lowest BCUT2D eigenvalue weighted by atomic mass is 10.0. The molecule has 1 saturated carbocycles. The molecule has 3 amide bonds. The monoisotopic (exact) mass is 607 g/mol. The Morgan fingerprint density at radius 1 is 0.952 bits per heavy atom. The van der Waals surface area contributed by atoms with Crippen molar-refractivity contribution in [2.24, 2.45) is 0 Å². The maximum atomic E-state index is 13.9. The largest absolute Gasteiger partial charge is 0.352 e. The molecule has 1 heterocycles. The van der Waals surface area contributed by atoms with E-state index in [4.69, 9.17) is 11.6 Å². The Balaban J connectivity index is 1.38. The SMILES string of the molecule is O=C(NC1CCCC1)C(Cc1ccccc1)N(Cc1ccccc1Cl)C(=O)CCCN1C(=O)c2ccccc2S1(=O)=O. The number of benzene rings is 3. The van der Waals surface area contributed by atoms with Crippen LogP contribution < -0.4 is 5.32 Å². The van der Waals surface area contributed by atoms with E-state index in [1.165, 1.54) is 12.1 Å². The van der Waals surface area contributed by atoms with Gasteiger partial charge >= 0.3 is 0 Å². The number of carbonyl (C=O) groups is 3. The number of fused-ring (bicyclic) bond motifs is 1. The van der Waals surface area contributed by atoms with Crippen LogP contribution in [-0.4, -0.2) is 54.0 Å². The van der Waals surface area contributed by atoms with Crippen LogP contribution in [0.5, 0.6) is 0 Å². The summed E-state index contributed by atoms with van der Waals surface area (Å²) in [4.78, 5) is 42.1. The Morgan fingerprint density at radius 2 is 1.62 bits per heavy atom. The van der Waals surface area contributed by atoms with Crippen LogP contribution in [0, 0.1) is 0 Å². The Bertz CT molecular complexity index is 1560. The fraction of sp³-hybridized carbons (Fsp3) is 0.344. The normalized spacial score (nSPS) is 16.7. The van der Waals surface area contributed by atoms with E-state index in [2.05, 4.69) is 5.32 Å². The summed E-state index contributed by atoms with van der Waals surface area (Å²) < 4.78 is 26.8. The first-order valence-electron chi connectivity index (χ1n) is 14.3. The highest BCUT2D eigenvalue weighted by molar-refractivity contribution is 7.90. The molecule has 10 heteroatoms. The number of halogens is 1. The molecule has 220 valence electrons. The first-order chi connectivity index (χ1) is 20.3. The van der Waals surface area contributed by atoms with Gasteiger partial charge in [0.2, 0.25) is 11.8 Å². The van der Waals surface area contributed by atoms with E-state index in [9.17, 15) is 22.8 Å². The molecular weight excluding hydrogens is 574 g/mol. The number of carbonyl (C=O) groups excluding carboxylic acids is 3. The van der Waals surface area contributed by atoms with Crippen molar-refractivity contribution in [1.82, 2.24) is 14.5 Å². The lowest BCUT2D eigenvalue weighted by Crippen LogP contribution is -2.52. The Hall–Kier alpha value is -3.69. The zero-order valence-electron chi connectivity index (χ0n) is 23.2. The molecule has 1 N–H and O–H groups in total. The standard InChI is InChI=1S/C32H34ClN3O5S/c33-27-17-8-4-13-24(27)22-35(28(21-23-11-2-1-3-12-23)31(38)34-25-14-5-6-15-25)30(37)19-10-20-36-32(39)26-16-7-9-18-29(26)42(36,40)41/h1-4,7-9,11-13,16-18,25,28H,5-6,10,14-15,19-22H2,(H,34,38). The van der Waals surface area contributed by atoms with Gasteiger partial charge in [-0.15, -0.1) is 0 Å². The van der Waals surface area contributed by atoms with Crippen molar-refractivity contribution < 1.29 is 22.8 Å². The minimum Gasteiger partial charge on any atom is -0.352 e. The molecule has 0 spiro atoms. The molecule has 0 bridgehead atoms. The number of rotatable bonds is 11. The van der Waals surface area contributed by atoms with Crippen LogP contribution in [0.3, 0.4) is 0 Å². The Labute approximate surface area is 251 Å². The molecule has 8 nitrogen and oxygen atoms in total. The van der Waals surface area contributed by atoms with Crippen molar-refractivity contribution in [1.29, 1.82) is 0 Å². The van der Waals surface area contributed by atoms with E-state index in [1.54, 1.807) is 29.2 Å². The van der Waals surface area contributed by atoms with E-state index in [0.717, 1.165) is 35.6 Å². The highest BCUT2D eigenvalue weighted by Gasteiger charge is 2.40. The van der Waals surface area contributed by atoms with Gasteiger partial charge in [0.05, 0.1) is 5.56 Å². The minimum absolute atomic E-state index is 0.0202. The van der Waals surface area contributed by atoms with Crippen molar-refractivity contribution in [2.45, 2.75) is 68.5 Å². The third kappa shape index (κ3) is 6.52. The second-order valence-corrected chi connectivity index (χ2v) is 13.0. The van der Waals surface area contributed by atoms with Crippen molar-refractivity contribution >= 4 is 39.3 Å². The average molecular weight is 608 g/mol. The molecule has 2 aliphatic rings. The summed E-state index contributed by atoms with van der Waals surface area (Å²) in [7, 11) is -3.97. The zero-order valence-corrected chi connectivity index (χ0v) is 24.8. The molecule has 3 aromatic carbocycles. The maximum absolute atomic E-state index is 13.9. The van der Waals surface area contributed by atoms with Crippen molar-refractivity contribution in [3.05, 3.63) is 101 Å². The van der Waals surface area contributed by atoms with Gasteiger partial charge in [0.1, 0.15) is 10.9 Å². The maximum Gasteiger partial charge on any atom is 0.269 e. The van der Waals surface area contributed by atoms with Crippen LogP contribution >= 0.6 is 11.6 Å². The third-order valence-electron chi connectivity index (χ3n) is 7.94. The van der Waals surface area contributed by atoms with Crippen molar-refractivity contribution in [3.8, 4) is 0 Å². The zero-order chi connectivity index (χ0) is 29.7. The fourth-order valence-corrected chi connectivity index (χ4v) is 7.50. The molecule has 42 heavy (non-hydrogen) atoms. The van der Waals surface area contributed by atoms with E-state index >= 15 is 0 Å². The molecule has 1 aliphatic heterocycles. The summed E-state index contributed by atoms with van der Waals surface area (Å²) in [5.74, 6) is -1.14. The molecule has 1 aliphatic carbocycles. The van der Waals surface area contributed by atoms with Crippen molar-refractivity contribution in [2.75, 3.05) is 6.54 Å². The number of nitrogens with zero attached hydrogens (tertiary/aromatic N) is 2. The van der Waals surface area contributed by atoms with E-state index in [-0.39, 0.29) is 54.2 Å². The average Bonchev–Trinajstić information content (AvgIpc) is 3.57. The summed E-state index contributed by atoms with van der Waals surface area (Å²) in [6.45, 7) is -0.0282. The smallest absolute Gasteiger partial charge is 0.269 e. The second-order valence-electron chi connectivity index (χ2n) is 10.8. The number of amides is 3. The highest BCUT2D eigenvalue weighted by atomic mass is 35.5. The van der Waals surface area contributed by atoms with Gasteiger partial charge in [-0.1, -0.05) is 85.1 Å². The van der Waals surface area contributed by atoms with Gasteiger partial charge in [0.25, 0.3) is 15.9 Å². The second kappa shape index (κ2) is 13.1. The van der Waals surface area contributed by atoms with Gasteiger partial charge in [-0.05, 0) is 48.6 Å².